The summed E-state index contributed by atoms with van der Waals surface area (Å²) in [5.74, 6) is -0.949. The SMILES string of the molecule is CCCCCCN1C=CCCC(C(=O)OC)=C1C(=O)OC. The Kier molecular flexibility index (Phi) is 7.58. The van der Waals surface area contributed by atoms with Crippen LogP contribution in [0.15, 0.2) is 23.5 Å². The minimum absolute atomic E-state index is 0.314. The van der Waals surface area contributed by atoms with Crippen LogP contribution < -0.4 is 0 Å². The third-order valence-corrected chi connectivity index (χ3v) is 3.48. The molecule has 118 valence electrons. The molecule has 1 aliphatic heterocycles. The molecule has 0 atom stereocenters. The zero-order chi connectivity index (χ0) is 15.7. The summed E-state index contributed by atoms with van der Waals surface area (Å²) in [4.78, 5) is 25.8. The van der Waals surface area contributed by atoms with Gasteiger partial charge < -0.3 is 14.4 Å². The van der Waals surface area contributed by atoms with Crippen LogP contribution in [0.5, 0.6) is 0 Å². The van der Waals surface area contributed by atoms with Crippen LogP contribution in [0, 0.1) is 0 Å². The Balaban J connectivity index is 2.98. The summed E-state index contributed by atoms with van der Waals surface area (Å²) in [5.41, 5.74) is 0.708. The van der Waals surface area contributed by atoms with Crippen molar-refractivity contribution < 1.29 is 19.1 Å². The van der Waals surface area contributed by atoms with E-state index >= 15 is 0 Å². The van der Waals surface area contributed by atoms with E-state index in [0.29, 0.717) is 30.7 Å². The highest BCUT2D eigenvalue weighted by molar-refractivity contribution is 6.00. The van der Waals surface area contributed by atoms with E-state index in [1.165, 1.54) is 20.6 Å². The second kappa shape index (κ2) is 9.21. The summed E-state index contributed by atoms with van der Waals surface area (Å²) in [6.07, 6.45) is 9.42. The summed E-state index contributed by atoms with van der Waals surface area (Å²) >= 11 is 0. The Morgan fingerprint density at radius 1 is 1.14 bits per heavy atom. The van der Waals surface area contributed by atoms with E-state index in [-0.39, 0.29) is 0 Å². The summed E-state index contributed by atoms with van der Waals surface area (Å²) in [6.45, 7) is 2.85. The lowest BCUT2D eigenvalue weighted by Crippen LogP contribution is -2.28. The van der Waals surface area contributed by atoms with E-state index in [9.17, 15) is 9.59 Å². The van der Waals surface area contributed by atoms with Crippen molar-refractivity contribution in [3.8, 4) is 0 Å². The Labute approximate surface area is 126 Å². The topological polar surface area (TPSA) is 55.8 Å². The number of allylic oxidation sites excluding steroid dienone is 1. The fraction of sp³-hybridized carbons (Fsp3) is 0.625. The van der Waals surface area contributed by atoms with Crippen LogP contribution in [0.2, 0.25) is 0 Å². The maximum Gasteiger partial charge on any atom is 0.355 e. The molecule has 0 aromatic rings. The van der Waals surface area contributed by atoms with Crippen molar-refractivity contribution >= 4 is 11.9 Å². The first-order valence-corrected chi connectivity index (χ1v) is 7.48. The predicted molar refractivity (Wildman–Crippen MR) is 80.3 cm³/mol. The van der Waals surface area contributed by atoms with E-state index in [4.69, 9.17) is 9.47 Å². The third kappa shape index (κ3) is 4.92. The number of methoxy groups -OCH3 is 2. The zero-order valence-corrected chi connectivity index (χ0v) is 13.2. The average Bonchev–Trinajstić information content (AvgIpc) is 2.72. The Morgan fingerprint density at radius 2 is 1.86 bits per heavy atom. The predicted octanol–water partition coefficient (Wildman–Crippen LogP) is 2.78. The summed E-state index contributed by atoms with van der Waals surface area (Å²) in [7, 11) is 2.66. The molecular weight excluding hydrogens is 270 g/mol. The van der Waals surface area contributed by atoms with Crippen LogP contribution in [0.25, 0.3) is 0 Å². The van der Waals surface area contributed by atoms with Crippen molar-refractivity contribution in [2.24, 2.45) is 0 Å². The second-order valence-corrected chi connectivity index (χ2v) is 4.99. The van der Waals surface area contributed by atoms with E-state index in [1.54, 1.807) is 0 Å². The molecule has 0 radical (unpaired) electrons. The number of esters is 2. The molecule has 0 amide bonds. The summed E-state index contributed by atoms with van der Waals surface area (Å²) in [5, 5.41) is 0. The lowest BCUT2D eigenvalue weighted by Gasteiger charge is -2.23. The van der Waals surface area contributed by atoms with Gasteiger partial charge in [-0.05, 0) is 19.3 Å². The Morgan fingerprint density at radius 3 is 2.48 bits per heavy atom. The van der Waals surface area contributed by atoms with Gasteiger partial charge in [-0.3, -0.25) is 0 Å². The number of ether oxygens (including phenoxy) is 2. The molecular formula is C16H25NO4. The highest BCUT2D eigenvalue weighted by Gasteiger charge is 2.27. The van der Waals surface area contributed by atoms with Gasteiger partial charge in [0.25, 0.3) is 0 Å². The molecule has 5 nitrogen and oxygen atoms in total. The quantitative estimate of drug-likeness (QED) is 0.534. The lowest BCUT2D eigenvalue weighted by molar-refractivity contribution is -0.140. The van der Waals surface area contributed by atoms with E-state index < -0.39 is 11.9 Å². The summed E-state index contributed by atoms with van der Waals surface area (Å²) in [6, 6.07) is 0. The van der Waals surface area contributed by atoms with Crippen LogP contribution >= 0.6 is 0 Å². The molecule has 1 aliphatic rings. The molecule has 0 N–H and O–H groups in total. The minimum atomic E-state index is -0.488. The zero-order valence-electron chi connectivity index (χ0n) is 13.2. The molecule has 0 aromatic heterocycles. The third-order valence-electron chi connectivity index (χ3n) is 3.48. The van der Waals surface area contributed by atoms with E-state index in [0.717, 1.165) is 19.3 Å². The molecule has 0 aliphatic carbocycles. The van der Waals surface area contributed by atoms with Gasteiger partial charge in [-0.2, -0.15) is 0 Å². The molecule has 1 rings (SSSR count). The van der Waals surface area contributed by atoms with Crippen LogP contribution in [-0.2, 0) is 19.1 Å². The van der Waals surface area contributed by atoms with Gasteiger partial charge in [-0.25, -0.2) is 9.59 Å². The monoisotopic (exact) mass is 295 g/mol. The van der Waals surface area contributed by atoms with Gasteiger partial charge in [0.1, 0.15) is 5.70 Å². The van der Waals surface area contributed by atoms with Crippen LogP contribution in [0.4, 0.5) is 0 Å². The molecule has 0 saturated heterocycles. The number of hydrogen-bond acceptors (Lipinski definition) is 5. The largest absolute Gasteiger partial charge is 0.466 e. The second-order valence-electron chi connectivity index (χ2n) is 4.99. The van der Waals surface area contributed by atoms with Crippen LogP contribution in [0.1, 0.15) is 45.4 Å². The number of nitrogens with zero attached hydrogens (tertiary/aromatic N) is 1. The molecule has 1 heterocycles. The molecule has 0 bridgehead atoms. The molecule has 0 aromatic carbocycles. The highest BCUT2D eigenvalue weighted by atomic mass is 16.5. The highest BCUT2D eigenvalue weighted by Crippen LogP contribution is 2.23. The molecule has 5 heteroatoms. The van der Waals surface area contributed by atoms with Gasteiger partial charge in [0, 0.05) is 12.7 Å². The Hall–Kier alpha value is -1.78. The number of rotatable bonds is 7. The normalized spacial score (nSPS) is 14.9. The first-order chi connectivity index (χ1) is 10.2. The fourth-order valence-electron chi connectivity index (χ4n) is 2.35. The molecule has 21 heavy (non-hydrogen) atoms. The molecule has 0 saturated carbocycles. The standard InChI is InChI=1S/C16H25NO4/c1-4-5-6-8-11-17-12-9-7-10-13(15(18)20-2)14(17)16(19)21-3/h9,12H,4-8,10-11H2,1-3H3. The summed E-state index contributed by atoms with van der Waals surface area (Å²) < 4.78 is 9.65. The molecule has 0 fully saturated rings. The van der Waals surface area contributed by atoms with Crippen molar-refractivity contribution in [3.63, 3.8) is 0 Å². The maximum atomic E-state index is 12.1. The van der Waals surface area contributed by atoms with Gasteiger partial charge in [0.05, 0.1) is 19.8 Å². The average molecular weight is 295 g/mol. The first kappa shape index (κ1) is 17.3. The van der Waals surface area contributed by atoms with Crippen molar-refractivity contribution in [2.75, 3.05) is 20.8 Å². The first-order valence-electron chi connectivity index (χ1n) is 7.48. The molecule has 0 spiro atoms. The van der Waals surface area contributed by atoms with Crippen molar-refractivity contribution in [1.82, 2.24) is 4.90 Å². The van der Waals surface area contributed by atoms with E-state index in [1.807, 2.05) is 17.2 Å². The number of carbonyl (C=O) groups is 2. The fourth-order valence-corrected chi connectivity index (χ4v) is 2.35. The minimum Gasteiger partial charge on any atom is -0.466 e. The lowest BCUT2D eigenvalue weighted by atomic mass is 10.1. The number of unbranched alkanes of at least 4 members (excludes halogenated alkanes) is 3. The van der Waals surface area contributed by atoms with E-state index in [2.05, 4.69) is 6.92 Å². The number of carbonyl (C=O) groups excluding carboxylic acids is 2. The maximum absolute atomic E-state index is 12.1. The van der Waals surface area contributed by atoms with Gasteiger partial charge in [0.2, 0.25) is 0 Å². The van der Waals surface area contributed by atoms with Gasteiger partial charge in [-0.15, -0.1) is 0 Å². The van der Waals surface area contributed by atoms with Crippen molar-refractivity contribution in [3.05, 3.63) is 23.5 Å². The van der Waals surface area contributed by atoms with Crippen LogP contribution in [0.3, 0.4) is 0 Å². The van der Waals surface area contributed by atoms with Gasteiger partial charge >= 0.3 is 11.9 Å². The van der Waals surface area contributed by atoms with Crippen molar-refractivity contribution in [2.45, 2.75) is 45.4 Å². The van der Waals surface area contributed by atoms with Gasteiger partial charge in [-0.1, -0.05) is 32.3 Å². The Bertz CT molecular complexity index is 426. The molecule has 0 unspecified atom stereocenters. The van der Waals surface area contributed by atoms with Crippen LogP contribution in [-0.4, -0.2) is 37.6 Å². The van der Waals surface area contributed by atoms with Gasteiger partial charge in [0.15, 0.2) is 0 Å². The number of hydrogen-bond donors (Lipinski definition) is 0. The smallest absolute Gasteiger partial charge is 0.355 e. The van der Waals surface area contributed by atoms with Crippen molar-refractivity contribution in [1.29, 1.82) is 0 Å².